The fraction of sp³-hybridized carbons (Fsp3) is 0.636. The van der Waals surface area contributed by atoms with Crippen molar-refractivity contribution in [3.05, 3.63) is 11.6 Å². The SMILES string of the molecule is CCCc1nnsc1-c1nnc(CCNCC)o1. The average molecular weight is 267 g/mol. The minimum absolute atomic E-state index is 0.542. The van der Waals surface area contributed by atoms with Gasteiger partial charge in [0, 0.05) is 13.0 Å². The maximum atomic E-state index is 5.63. The number of nitrogens with zero attached hydrogens (tertiary/aromatic N) is 4. The van der Waals surface area contributed by atoms with Gasteiger partial charge in [-0.05, 0) is 24.5 Å². The van der Waals surface area contributed by atoms with E-state index in [1.165, 1.54) is 11.5 Å². The Morgan fingerprint density at radius 2 is 2.06 bits per heavy atom. The van der Waals surface area contributed by atoms with Crippen molar-refractivity contribution in [1.29, 1.82) is 0 Å². The van der Waals surface area contributed by atoms with Crippen LogP contribution in [0.5, 0.6) is 0 Å². The molecule has 6 nitrogen and oxygen atoms in total. The second kappa shape index (κ2) is 6.55. The number of likely N-dealkylation sites (N-methyl/N-ethyl adjacent to an activating group) is 1. The molecule has 2 aromatic heterocycles. The van der Waals surface area contributed by atoms with Crippen molar-refractivity contribution >= 4 is 11.5 Å². The van der Waals surface area contributed by atoms with Crippen molar-refractivity contribution in [3.63, 3.8) is 0 Å². The van der Waals surface area contributed by atoms with E-state index >= 15 is 0 Å². The van der Waals surface area contributed by atoms with E-state index in [4.69, 9.17) is 4.42 Å². The normalized spacial score (nSPS) is 11.0. The molecular formula is C11H17N5OS. The van der Waals surface area contributed by atoms with Crippen molar-refractivity contribution in [1.82, 2.24) is 25.1 Å². The zero-order chi connectivity index (χ0) is 12.8. The molecule has 0 aromatic carbocycles. The average Bonchev–Trinajstić information content (AvgIpc) is 2.98. The molecule has 7 heteroatoms. The first-order chi connectivity index (χ1) is 8.85. The van der Waals surface area contributed by atoms with E-state index in [9.17, 15) is 0 Å². The van der Waals surface area contributed by atoms with E-state index < -0.39 is 0 Å². The minimum atomic E-state index is 0.542. The molecule has 98 valence electrons. The molecule has 0 saturated heterocycles. The molecule has 0 atom stereocenters. The van der Waals surface area contributed by atoms with E-state index in [0.29, 0.717) is 11.8 Å². The Balaban J connectivity index is 2.06. The Hall–Kier alpha value is -1.34. The summed E-state index contributed by atoms with van der Waals surface area (Å²) in [7, 11) is 0. The lowest BCUT2D eigenvalue weighted by Gasteiger charge is -1.96. The third kappa shape index (κ3) is 3.11. The van der Waals surface area contributed by atoms with Crippen molar-refractivity contribution in [2.45, 2.75) is 33.1 Å². The molecule has 0 spiro atoms. The molecular weight excluding hydrogens is 250 g/mol. The quantitative estimate of drug-likeness (QED) is 0.769. The van der Waals surface area contributed by atoms with Crippen LogP contribution in [0.2, 0.25) is 0 Å². The summed E-state index contributed by atoms with van der Waals surface area (Å²) >= 11 is 1.31. The molecule has 2 heterocycles. The van der Waals surface area contributed by atoms with E-state index in [1.54, 1.807) is 0 Å². The molecule has 0 fully saturated rings. The summed E-state index contributed by atoms with van der Waals surface area (Å²) in [6.07, 6.45) is 2.66. The Kier molecular flexibility index (Phi) is 4.77. The first-order valence-corrected chi connectivity index (χ1v) is 6.97. The molecule has 2 aromatic rings. The van der Waals surface area contributed by atoms with Crippen LogP contribution in [-0.2, 0) is 12.8 Å². The van der Waals surface area contributed by atoms with Gasteiger partial charge >= 0.3 is 0 Å². The molecule has 0 bridgehead atoms. The number of nitrogens with one attached hydrogen (secondary N) is 1. The summed E-state index contributed by atoms with van der Waals surface area (Å²) in [6.45, 7) is 5.97. The lowest BCUT2D eigenvalue weighted by Crippen LogP contribution is -2.16. The molecule has 0 amide bonds. The lowest BCUT2D eigenvalue weighted by molar-refractivity contribution is 0.497. The van der Waals surface area contributed by atoms with Gasteiger partial charge in [0.1, 0.15) is 4.88 Å². The molecule has 1 N–H and O–H groups in total. The summed E-state index contributed by atoms with van der Waals surface area (Å²) in [4.78, 5) is 0.902. The third-order valence-corrected chi connectivity index (χ3v) is 3.23. The van der Waals surface area contributed by atoms with Gasteiger partial charge in [-0.25, -0.2) is 0 Å². The summed E-state index contributed by atoms with van der Waals surface area (Å²) in [5.41, 5.74) is 0.949. The van der Waals surface area contributed by atoms with Gasteiger partial charge in [-0.2, -0.15) is 0 Å². The van der Waals surface area contributed by atoms with Crippen molar-refractivity contribution in [3.8, 4) is 10.8 Å². The summed E-state index contributed by atoms with van der Waals surface area (Å²) < 4.78 is 9.58. The minimum Gasteiger partial charge on any atom is -0.420 e. The van der Waals surface area contributed by atoms with Crippen LogP contribution in [0, 0.1) is 0 Å². The van der Waals surface area contributed by atoms with Gasteiger partial charge in [-0.3, -0.25) is 0 Å². The Bertz CT molecular complexity index is 481. The predicted octanol–water partition coefficient (Wildman–Crippen LogP) is 1.69. The highest BCUT2D eigenvalue weighted by Gasteiger charge is 2.16. The molecule has 0 aliphatic rings. The highest BCUT2D eigenvalue weighted by molar-refractivity contribution is 7.09. The highest BCUT2D eigenvalue weighted by atomic mass is 32.1. The van der Waals surface area contributed by atoms with Gasteiger partial charge in [0.15, 0.2) is 0 Å². The lowest BCUT2D eigenvalue weighted by atomic mass is 10.2. The van der Waals surface area contributed by atoms with Crippen LogP contribution >= 0.6 is 11.5 Å². The fourth-order valence-corrected chi connectivity index (χ4v) is 2.22. The maximum absolute atomic E-state index is 5.63. The van der Waals surface area contributed by atoms with Gasteiger partial charge in [0.05, 0.1) is 5.69 Å². The van der Waals surface area contributed by atoms with E-state index in [2.05, 4.69) is 38.9 Å². The Labute approximate surface area is 110 Å². The summed E-state index contributed by atoms with van der Waals surface area (Å²) in [5.74, 6) is 1.20. The van der Waals surface area contributed by atoms with Gasteiger partial charge < -0.3 is 9.73 Å². The van der Waals surface area contributed by atoms with Crippen LogP contribution in [0.25, 0.3) is 10.8 Å². The standard InChI is InChI=1S/C11H17N5OS/c1-3-5-8-10(18-16-13-8)11-15-14-9(17-11)6-7-12-4-2/h12H,3-7H2,1-2H3. The first-order valence-electron chi connectivity index (χ1n) is 6.19. The number of hydrogen-bond donors (Lipinski definition) is 1. The fourth-order valence-electron chi connectivity index (χ4n) is 1.59. The van der Waals surface area contributed by atoms with Crippen molar-refractivity contribution in [2.24, 2.45) is 0 Å². The van der Waals surface area contributed by atoms with Crippen LogP contribution in [0.15, 0.2) is 4.42 Å². The molecule has 0 aliphatic heterocycles. The number of aromatic nitrogens is 4. The molecule has 0 radical (unpaired) electrons. The predicted molar refractivity (Wildman–Crippen MR) is 69.4 cm³/mol. The Morgan fingerprint density at radius 3 is 2.83 bits per heavy atom. The Morgan fingerprint density at radius 1 is 1.17 bits per heavy atom. The topological polar surface area (TPSA) is 76.7 Å². The highest BCUT2D eigenvalue weighted by Crippen LogP contribution is 2.25. The number of hydrogen-bond acceptors (Lipinski definition) is 7. The third-order valence-electron chi connectivity index (χ3n) is 2.47. The molecule has 18 heavy (non-hydrogen) atoms. The van der Waals surface area contributed by atoms with Crippen LogP contribution in [-0.4, -0.2) is 32.9 Å². The van der Waals surface area contributed by atoms with E-state index in [-0.39, 0.29) is 0 Å². The zero-order valence-electron chi connectivity index (χ0n) is 10.6. The molecule has 2 rings (SSSR count). The van der Waals surface area contributed by atoms with Crippen LogP contribution in [0.3, 0.4) is 0 Å². The summed E-state index contributed by atoms with van der Waals surface area (Å²) in [5, 5.41) is 15.4. The van der Waals surface area contributed by atoms with E-state index in [0.717, 1.165) is 42.9 Å². The monoisotopic (exact) mass is 267 g/mol. The van der Waals surface area contributed by atoms with Gasteiger partial charge in [-0.1, -0.05) is 24.8 Å². The van der Waals surface area contributed by atoms with Crippen LogP contribution in [0.1, 0.15) is 31.9 Å². The van der Waals surface area contributed by atoms with Gasteiger partial charge in [0.2, 0.25) is 5.89 Å². The smallest absolute Gasteiger partial charge is 0.261 e. The second-order valence-corrected chi connectivity index (χ2v) is 4.66. The maximum Gasteiger partial charge on any atom is 0.261 e. The number of rotatable bonds is 7. The molecule has 0 aliphatic carbocycles. The van der Waals surface area contributed by atoms with E-state index in [1.807, 2.05) is 0 Å². The molecule has 0 unspecified atom stereocenters. The van der Waals surface area contributed by atoms with Gasteiger partial charge in [0.25, 0.3) is 5.89 Å². The van der Waals surface area contributed by atoms with Crippen molar-refractivity contribution in [2.75, 3.05) is 13.1 Å². The summed E-state index contributed by atoms with van der Waals surface area (Å²) in [6, 6.07) is 0. The second-order valence-electron chi connectivity index (χ2n) is 3.90. The van der Waals surface area contributed by atoms with Crippen LogP contribution in [0.4, 0.5) is 0 Å². The van der Waals surface area contributed by atoms with Gasteiger partial charge in [-0.15, -0.1) is 15.3 Å². The zero-order valence-corrected chi connectivity index (χ0v) is 11.5. The first kappa shape index (κ1) is 13.1. The number of aryl methyl sites for hydroxylation is 1. The van der Waals surface area contributed by atoms with Crippen molar-refractivity contribution < 1.29 is 4.42 Å². The van der Waals surface area contributed by atoms with Crippen LogP contribution < -0.4 is 5.32 Å². The molecule has 0 saturated carbocycles. The largest absolute Gasteiger partial charge is 0.420 e.